The smallest absolute Gasteiger partial charge is 0.216 e. The molecule has 3 aromatic rings. The summed E-state index contributed by atoms with van der Waals surface area (Å²) in [4.78, 5) is 0. The molecule has 122 valence electrons. The Morgan fingerprint density at radius 2 is 2.04 bits per heavy atom. The molecule has 0 amide bonds. The van der Waals surface area contributed by atoms with Gasteiger partial charge in [-0.05, 0) is 37.4 Å². The maximum absolute atomic E-state index is 5.42. The topological polar surface area (TPSA) is 44.0 Å². The van der Waals surface area contributed by atoms with Gasteiger partial charge in [0.1, 0.15) is 0 Å². The Labute approximate surface area is 136 Å². The molecule has 3 rings (SSSR count). The number of aryl methyl sites for hydroxylation is 3. The summed E-state index contributed by atoms with van der Waals surface area (Å²) in [6.07, 6.45) is 3.25. The molecule has 2 aromatic heterocycles. The van der Waals surface area contributed by atoms with Gasteiger partial charge in [-0.25, -0.2) is 4.68 Å². The first-order valence-corrected chi connectivity index (χ1v) is 8.01. The molecule has 0 unspecified atom stereocenters. The van der Waals surface area contributed by atoms with Crippen molar-refractivity contribution in [2.24, 2.45) is 7.05 Å². The zero-order valence-corrected chi connectivity index (χ0v) is 14.0. The lowest BCUT2D eigenvalue weighted by Crippen LogP contribution is -2.17. The SMILES string of the molecule is COc1c(CNCCCn2ccc3ccccc32)c(C)nn1C. The molecule has 0 saturated carbocycles. The third-order valence-electron chi connectivity index (χ3n) is 4.22. The molecule has 0 aliphatic heterocycles. The van der Waals surface area contributed by atoms with E-state index in [1.807, 2.05) is 14.0 Å². The number of methoxy groups -OCH3 is 1. The highest BCUT2D eigenvalue weighted by molar-refractivity contribution is 5.79. The molecule has 0 fully saturated rings. The third-order valence-corrected chi connectivity index (χ3v) is 4.22. The number of ether oxygens (including phenoxy) is 1. The molecular formula is C18H24N4O. The molecule has 5 nitrogen and oxygen atoms in total. The van der Waals surface area contributed by atoms with Crippen molar-refractivity contribution in [1.82, 2.24) is 19.7 Å². The minimum Gasteiger partial charge on any atom is -0.481 e. The van der Waals surface area contributed by atoms with Gasteiger partial charge in [-0.3, -0.25) is 0 Å². The fourth-order valence-electron chi connectivity index (χ4n) is 3.06. The van der Waals surface area contributed by atoms with Gasteiger partial charge in [0.25, 0.3) is 0 Å². The Hall–Kier alpha value is -2.27. The number of nitrogens with zero attached hydrogens (tertiary/aromatic N) is 3. The van der Waals surface area contributed by atoms with Crippen molar-refractivity contribution in [1.29, 1.82) is 0 Å². The van der Waals surface area contributed by atoms with Gasteiger partial charge in [0.05, 0.1) is 18.4 Å². The molecule has 1 N–H and O–H groups in total. The van der Waals surface area contributed by atoms with Crippen LogP contribution in [0.15, 0.2) is 36.5 Å². The van der Waals surface area contributed by atoms with Gasteiger partial charge in [-0.1, -0.05) is 18.2 Å². The van der Waals surface area contributed by atoms with Crippen LogP contribution in [0, 0.1) is 6.92 Å². The Morgan fingerprint density at radius 1 is 1.22 bits per heavy atom. The molecule has 0 bridgehead atoms. The van der Waals surface area contributed by atoms with Gasteiger partial charge in [-0.2, -0.15) is 5.10 Å². The minimum absolute atomic E-state index is 0.787. The molecule has 0 saturated heterocycles. The van der Waals surface area contributed by atoms with Crippen molar-refractivity contribution in [2.45, 2.75) is 26.4 Å². The van der Waals surface area contributed by atoms with E-state index in [2.05, 4.69) is 51.5 Å². The summed E-state index contributed by atoms with van der Waals surface area (Å²) in [6, 6.07) is 10.7. The molecule has 23 heavy (non-hydrogen) atoms. The quantitative estimate of drug-likeness (QED) is 0.682. The molecule has 5 heteroatoms. The van der Waals surface area contributed by atoms with Crippen LogP contribution in [0.3, 0.4) is 0 Å². The normalized spacial score (nSPS) is 11.3. The van der Waals surface area contributed by atoms with Crippen LogP contribution >= 0.6 is 0 Å². The van der Waals surface area contributed by atoms with E-state index < -0.39 is 0 Å². The van der Waals surface area contributed by atoms with Crippen LogP contribution < -0.4 is 10.1 Å². The number of hydrogen-bond acceptors (Lipinski definition) is 3. The van der Waals surface area contributed by atoms with E-state index in [-0.39, 0.29) is 0 Å². The summed E-state index contributed by atoms with van der Waals surface area (Å²) in [7, 11) is 3.60. The molecule has 0 aliphatic rings. The molecule has 0 radical (unpaired) electrons. The van der Waals surface area contributed by atoms with Crippen LogP contribution in [0.1, 0.15) is 17.7 Å². The fraction of sp³-hybridized carbons (Fsp3) is 0.389. The van der Waals surface area contributed by atoms with E-state index >= 15 is 0 Å². The lowest BCUT2D eigenvalue weighted by Gasteiger charge is -2.08. The van der Waals surface area contributed by atoms with Crippen molar-refractivity contribution in [3.63, 3.8) is 0 Å². The number of benzene rings is 1. The van der Waals surface area contributed by atoms with E-state index in [1.54, 1.807) is 11.8 Å². The second kappa shape index (κ2) is 6.87. The predicted octanol–water partition coefficient (Wildman–Crippen LogP) is 2.87. The first-order chi connectivity index (χ1) is 11.2. The standard InChI is InChI=1S/C18H24N4O/c1-14-16(18(23-3)21(2)20-14)13-19-10-6-11-22-12-9-15-7-4-5-8-17(15)22/h4-5,7-9,12,19H,6,10-11,13H2,1-3H3. The number of rotatable bonds is 7. The first kappa shape index (κ1) is 15.6. The maximum Gasteiger partial charge on any atom is 0.216 e. The van der Waals surface area contributed by atoms with E-state index in [0.717, 1.165) is 43.2 Å². The maximum atomic E-state index is 5.42. The molecule has 1 aromatic carbocycles. The third kappa shape index (κ3) is 3.24. The lowest BCUT2D eigenvalue weighted by molar-refractivity contribution is 0.368. The zero-order chi connectivity index (χ0) is 16.2. The summed E-state index contributed by atoms with van der Waals surface area (Å²) in [5.74, 6) is 0.839. The number of nitrogens with one attached hydrogen (secondary N) is 1. The average molecular weight is 312 g/mol. The second-order valence-corrected chi connectivity index (χ2v) is 5.80. The monoisotopic (exact) mass is 312 g/mol. The highest BCUT2D eigenvalue weighted by atomic mass is 16.5. The van der Waals surface area contributed by atoms with Gasteiger partial charge in [0.15, 0.2) is 0 Å². The summed E-state index contributed by atoms with van der Waals surface area (Å²) >= 11 is 0. The number of hydrogen-bond donors (Lipinski definition) is 1. The summed E-state index contributed by atoms with van der Waals surface area (Å²) in [5.41, 5.74) is 3.46. The van der Waals surface area contributed by atoms with Crippen LogP contribution in [0.4, 0.5) is 0 Å². The Bertz CT molecular complexity index is 788. The van der Waals surface area contributed by atoms with Crippen molar-refractivity contribution < 1.29 is 4.74 Å². The Morgan fingerprint density at radius 3 is 2.87 bits per heavy atom. The molecule has 0 aliphatic carbocycles. The number of para-hydroxylation sites is 1. The molecule has 2 heterocycles. The van der Waals surface area contributed by atoms with Gasteiger partial charge in [-0.15, -0.1) is 0 Å². The van der Waals surface area contributed by atoms with E-state index in [9.17, 15) is 0 Å². The summed E-state index contributed by atoms with van der Waals surface area (Å²) < 4.78 is 9.52. The van der Waals surface area contributed by atoms with Crippen LogP contribution in [0.2, 0.25) is 0 Å². The molecular weight excluding hydrogens is 288 g/mol. The highest BCUT2D eigenvalue weighted by Gasteiger charge is 2.12. The number of aromatic nitrogens is 3. The van der Waals surface area contributed by atoms with E-state index in [4.69, 9.17) is 4.74 Å². The fourth-order valence-corrected chi connectivity index (χ4v) is 3.06. The van der Waals surface area contributed by atoms with Crippen LogP contribution in [0.5, 0.6) is 5.88 Å². The van der Waals surface area contributed by atoms with Crippen molar-refractivity contribution in [3.05, 3.63) is 47.8 Å². The van der Waals surface area contributed by atoms with Crippen LogP contribution in [0.25, 0.3) is 10.9 Å². The van der Waals surface area contributed by atoms with Crippen LogP contribution in [-0.4, -0.2) is 28.0 Å². The van der Waals surface area contributed by atoms with Crippen molar-refractivity contribution >= 4 is 10.9 Å². The number of fused-ring (bicyclic) bond motifs is 1. The Kier molecular flexibility index (Phi) is 4.67. The van der Waals surface area contributed by atoms with Crippen molar-refractivity contribution in [2.75, 3.05) is 13.7 Å². The van der Waals surface area contributed by atoms with Crippen molar-refractivity contribution in [3.8, 4) is 5.88 Å². The second-order valence-electron chi connectivity index (χ2n) is 5.80. The summed E-state index contributed by atoms with van der Waals surface area (Å²) in [6.45, 7) is 4.79. The van der Waals surface area contributed by atoms with E-state index in [1.165, 1.54) is 10.9 Å². The zero-order valence-electron chi connectivity index (χ0n) is 14.0. The average Bonchev–Trinajstić information content (AvgIpc) is 3.08. The lowest BCUT2D eigenvalue weighted by atomic mass is 10.2. The highest BCUT2D eigenvalue weighted by Crippen LogP contribution is 2.20. The van der Waals surface area contributed by atoms with Crippen LogP contribution in [-0.2, 0) is 20.1 Å². The minimum atomic E-state index is 0.787. The summed E-state index contributed by atoms with van der Waals surface area (Å²) in [5, 5.41) is 9.20. The Balaban J connectivity index is 1.51. The largest absolute Gasteiger partial charge is 0.481 e. The van der Waals surface area contributed by atoms with Gasteiger partial charge in [0, 0.05) is 31.9 Å². The first-order valence-electron chi connectivity index (χ1n) is 8.01. The van der Waals surface area contributed by atoms with Gasteiger partial charge < -0.3 is 14.6 Å². The molecule has 0 atom stereocenters. The van der Waals surface area contributed by atoms with Gasteiger partial charge in [0.2, 0.25) is 5.88 Å². The van der Waals surface area contributed by atoms with E-state index in [0.29, 0.717) is 0 Å². The molecule has 0 spiro atoms. The van der Waals surface area contributed by atoms with Gasteiger partial charge >= 0.3 is 0 Å². The predicted molar refractivity (Wildman–Crippen MR) is 92.8 cm³/mol.